The minimum Gasteiger partial charge on any atom is -0.373 e. The Kier molecular flexibility index (Phi) is 5.04. The van der Waals surface area contributed by atoms with Gasteiger partial charge in [0.05, 0.1) is 17.3 Å². The number of carbonyl (C=O) groups is 1. The second-order valence-electron chi connectivity index (χ2n) is 9.50. The molecule has 6 heteroatoms. The third kappa shape index (κ3) is 3.51. The molecule has 0 saturated heterocycles. The van der Waals surface area contributed by atoms with Crippen LogP contribution in [0.25, 0.3) is 0 Å². The molecule has 0 unspecified atom stereocenters. The summed E-state index contributed by atoms with van der Waals surface area (Å²) in [6.45, 7) is 16.2. The van der Waals surface area contributed by atoms with Crippen molar-refractivity contribution in [2.45, 2.75) is 40.2 Å². The average Bonchev–Trinajstić information content (AvgIpc) is 3.04. The minimum atomic E-state index is -0.605. The van der Waals surface area contributed by atoms with Crippen LogP contribution in [0.2, 0.25) is 0 Å². The van der Waals surface area contributed by atoms with Crippen molar-refractivity contribution in [1.29, 1.82) is 0 Å². The number of allylic oxidation sites excluding steroid dienone is 4. The summed E-state index contributed by atoms with van der Waals surface area (Å²) in [6.07, 6.45) is 4.52. The molecule has 2 aliphatic rings. The summed E-state index contributed by atoms with van der Waals surface area (Å²) < 4.78 is 0. The summed E-state index contributed by atoms with van der Waals surface area (Å²) in [5, 5.41) is 9.09. The van der Waals surface area contributed by atoms with Crippen molar-refractivity contribution in [3.05, 3.63) is 97.5 Å². The van der Waals surface area contributed by atoms with Crippen molar-refractivity contribution in [1.82, 2.24) is 5.32 Å². The Morgan fingerprint density at radius 2 is 1.72 bits per heavy atom. The molecule has 0 aromatic heterocycles. The number of rotatable bonds is 5. The van der Waals surface area contributed by atoms with Crippen molar-refractivity contribution in [3.63, 3.8) is 0 Å². The van der Waals surface area contributed by atoms with E-state index < -0.39 is 10.9 Å². The zero-order valence-corrected chi connectivity index (χ0v) is 18.8. The molecule has 2 aromatic rings. The lowest BCUT2D eigenvalue weighted by Crippen LogP contribution is -2.43. The summed E-state index contributed by atoms with van der Waals surface area (Å²) in [5.41, 5.74) is 4.33. The van der Waals surface area contributed by atoms with Gasteiger partial charge in [-0.2, -0.15) is 0 Å². The molecule has 0 bridgehead atoms. The fourth-order valence-electron chi connectivity index (χ4n) is 4.22. The van der Waals surface area contributed by atoms with Gasteiger partial charge in [0.25, 0.3) is 16.8 Å². The molecule has 0 spiro atoms. The van der Waals surface area contributed by atoms with Crippen LogP contribution in [0, 0.1) is 5.41 Å². The van der Waals surface area contributed by atoms with Gasteiger partial charge in [-0.15, -0.1) is 0 Å². The van der Waals surface area contributed by atoms with Crippen LogP contribution in [0.4, 0.5) is 17.1 Å². The van der Waals surface area contributed by atoms with Gasteiger partial charge in [-0.05, 0) is 40.7 Å². The maximum atomic E-state index is 12.6. The largest absolute Gasteiger partial charge is 0.373 e. The second-order valence-corrected chi connectivity index (χ2v) is 9.50. The predicted octanol–water partition coefficient (Wildman–Crippen LogP) is 4.09. The molecule has 1 heterocycles. The first-order valence-electron chi connectivity index (χ1n) is 10.5. The van der Waals surface area contributed by atoms with E-state index in [0.29, 0.717) is 23.4 Å². The van der Waals surface area contributed by atoms with Crippen LogP contribution in [0.15, 0.2) is 75.5 Å². The highest BCUT2D eigenvalue weighted by Crippen LogP contribution is 2.38. The van der Waals surface area contributed by atoms with Gasteiger partial charge >= 0.3 is 0 Å². The highest BCUT2D eigenvalue weighted by atomic mass is 16.2. The smallest absolute Gasteiger partial charge is 0.257 e. The number of anilines is 3. The average molecular weight is 430 g/mol. The van der Waals surface area contributed by atoms with Crippen molar-refractivity contribution in [3.8, 4) is 0 Å². The summed E-state index contributed by atoms with van der Waals surface area (Å²) in [5.74, 6) is -0.283. The topological polar surface area (TPSA) is 87.3 Å². The summed E-state index contributed by atoms with van der Waals surface area (Å²) >= 11 is 0. The normalized spacial score (nSPS) is 16.9. The lowest BCUT2D eigenvalue weighted by Gasteiger charge is -2.35. The number of carbonyl (C=O) groups excluding carboxylic acids is 1. The molecule has 164 valence electrons. The van der Waals surface area contributed by atoms with Gasteiger partial charge in [-0.1, -0.05) is 58.2 Å². The Balaban J connectivity index is 1.69. The molecular weight excluding hydrogens is 402 g/mol. The molecule has 1 aliphatic carbocycles. The monoisotopic (exact) mass is 429 g/mol. The molecule has 32 heavy (non-hydrogen) atoms. The van der Waals surface area contributed by atoms with E-state index in [-0.39, 0.29) is 28.7 Å². The molecule has 0 fully saturated rings. The third-order valence-corrected chi connectivity index (χ3v) is 6.05. The van der Waals surface area contributed by atoms with Crippen molar-refractivity contribution < 1.29 is 4.79 Å². The molecule has 0 saturated carbocycles. The Bertz CT molecular complexity index is 1310. The fraction of sp³-hybridized carbons (Fsp3) is 0.269. The Morgan fingerprint density at radius 1 is 1.03 bits per heavy atom. The molecule has 1 aliphatic heterocycles. The van der Waals surface area contributed by atoms with E-state index in [4.69, 9.17) is 0 Å². The molecule has 0 radical (unpaired) electrons. The van der Waals surface area contributed by atoms with E-state index in [1.165, 1.54) is 0 Å². The van der Waals surface area contributed by atoms with Crippen LogP contribution in [0.1, 0.15) is 43.6 Å². The van der Waals surface area contributed by atoms with Gasteiger partial charge in [0.2, 0.25) is 0 Å². The van der Waals surface area contributed by atoms with E-state index in [1.54, 1.807) is 6.07 Å². The highest BCUT2D eigenvalue weighted by molar-refractivity contribution is 6.04. The Morgan fingerprint density at radius 3 is 2.34 bits per heavy atom. The SMILES string of the molecule is C=C1Cc2cccc(Nc3c(N[C@@H](C4=CC=C(C)C4=C)C(C)(C)C)c(=O)c3=O)c2C(=O)N1. The number of amides is 1. The van der Waals surface area contributed by atoms with Crippen molar-refractivity contribution >= 4 is 23.0 Å². The molecular formula is C26H27N3O3. The Hall–Kier alpha value is -3.67. The van der Waals surface area contributed by atoms with Gasteiger partial charge in [0.1, 0.15) is 11.4 Å². The van der Waals surface area contributed by atoms with Crippen molar-refractivity contribution in [2.75, 3.05) is 10.6 Å². The van der Waals surface area contributed by atoms with Crippen LogP contribution in [0.3, 0.4) is 0 Å². The molecule has 4 rings (SSSR count). The van der Waals surface area contributed by atoms with E-state index in [0.717, 1.165) is 22.3 Å². The quantitative estimate of drug-likeness (QED) is 0.623. The van der Waals surface area contributed by atoms with Gasteiger partial charge in [-0.3, -0.25) is 14.4 Å². The van der Waals surface area contributed by atoms with Gasteiger partial charge < -0.3 is 16.0 Å². The zero-order valence-electron chi connectivity index (χ0n) is 18.8. The van der Waals surface area contributed by atoms with Crippen LogP contribution >= 0.6 is 0 Å². The number of hydrogen-bond donors (Lipinski definition) is 3. The van der Waals surface area contributed by atoms with E-state index in [9.17, 15) is 14.4 Å². The fourth-order valence-corrected chi connectivity index (χ4v) is 4.22. The predicted molar refractivity (Wildman–Crippen MR) is 129 cm³/mol. The summed E-state index contributed by atoms with van der Waals surface area (Å²) in [7, 11) is 0. The zero-order chi connectivity index (χ0) is 23.4. The van der Waals surface area contributed by atoms with Crippen molar-refractivity contribution in [2.24, 2.45) is 5.41 Å². The third-order valence-electron chi connectivity index (χ3n) is 6.05. The molecule has 1 amide bonds. The van der Waals surface area contributed by atoms with Gasteiger partial charge in [-0.25, -0.2) is 0 Å². The lowest BCUT2D eigenvalue weighted by atomic mass is 9.79. The number of fused-ring (bicyclic) bond motifs is 1. The maximum absolute atomic E-state index is 12.6. The second kappa shape index (κ2) is 7.48. The summed E-state index contributed by atoms with van der Waals surface area (Å²) in [6, 6.07) is 5.16. The molecule has 6 nitrogen and oxygen atoms in total. The van der Waals surface area contributed by atoms with Crippen LogP contribution in [0.5, 0.6) is 0 Å². The first-order valence-corrected chi connectivity index (χ1v) is 10.5. The molecule has 1 atom stereocenters. The van der Waals surface area contributed by atoms with Crippen LogP contribution < -0.4 is 26.8 Å². The number of benzene rings is 1. The molecule has 3 N–H and O–H groups in total. The molecule has 2 aromatic carbocycles. The van der Waals surface area contributed by atoms with Gasteiger partial charge in [0, 0.05) is 12.1 Å². The minimum absolute atomic E-state index is 0.170. The first-order chi connectivity index (χ1) is 15.0. The lowest BCUT2D eigenvalue weighted by molar-refractivity contribution is 0.0960. The van der Waals surface area contributed by atoms with Gasteiger partial charge in [0.15, 0.2) is 0 Å². The standard InChI is InChI=1S/C26H27N3O3/c1-13-10-11-17(15(13)3)24(26(4,5)6)29-21-20(22(30)23(21)31)28-18-9-7-8-16-12-14(2)27-25(32)19(16)18/h7-11,24,28-29H,2-3,12H2,1,4-6H3,(H,27,32)/t24-/m0/s1. The van der Waals surface area contributed by atoms with Crippen LogP contribution in [-0.2, 0) is 6.42 Å². The highest BCUT2D eigenvalue weighted by Gasteiger charge is 2.34. The number of nitrogens with one attached hydrogen (secondary N) is 3. The van der Waals surface area contributed by atoms with E-state index in [2.05, 4.69) is 49.9 Å². The van der Waals surface area contributed by atoms with E-state index in [1.807, 2.05) is 31.2 Å². The first kappa shape index (κ1) is 21.6. The van der Waals surface area contributed by atoms with E-state index >= 15 is 0 Å². The van der Waals surface area contributed by atoms with Crippen LogP contribution in [-0.4, -0.2) is 11.9 Å². The summed E-state index contributed by atoms with van der Waals surface area (Å²) in [4.78, 5) is 37.6. The maximum Gasteiger partial charge on any atom is 0.257 e. The Labute approximate surface area is 187 Å². The number of hydrogen-bond acceptors (Lipinski definition) is 5.